The van der Waals surface area contributed by atoms with Gasteiger partial charge in [0, 0.05) is 44.5 Å². The Bertz CT molecular complexity index is 1140. The number of aromatic nitrogens is 2. The molecule has 3 amide bonds. The van der Waals surface area contributed by atoms with E-state index in [1.807, 2.05) is 0 Å². The number of nitrogens with one attached hydrogen (secondary N) is 2. The summed E-state index contributed by atoms with van der Waals surface area (Å²) in [6.07, 6.45) is 6.19. The zero-order chi connectivity index (χ0) is 25.3. The molecular formula is C25H29N5O6. The summed E-state index contributed by atoms with van der Waals surface area (Å²) in [5.74, 6) is 0.224. The SMILES string of the molecule is Cc1cc(NC(=O)CCC(=O)N(Cc2ccco2)[C@@H](C(=O)NC[C@H]2CCCO2)c2ccncc2)no1. The maximum Gasteiger partial charge on any atom is 0.247 e. The fourth-order valence-electron chi connectivity index (χ4n) is 4.02. The van der Waals surface area contributed by atoms with Gasteiger partial charge in [-0.2, -0.15) is 0 Å². The molecular weight excluding hydrogens is 466 g/mol. The van der Waals surface area contributed by atoms with Crippen LogP contribution in [0.2, 0.25) is 0 Å². The highest BCUT2D eigenvalue weighted by molar-refractivity contribution is 5.94. The van der Waals surface area contributed by atoms with Crippen molar-refractivity contribution in [3.63, 3.8) is 0 Å². The third kappa shape index (κ3) is 6.79. The molecule has 11 heteroatoms. The molecule has 190 valence electrons. The molecule has 0 radical (unpaired) electrons. The van der Waals surface area contributed by atoms with Crippen molar-refractivity contribution in [2.24, 2.45) is 0 Å². The molecule has 1 fully saturated rings. The van der Waals surface area contributed by atoms with Crippen molar-refractivity contribution in [1.82, 2.24) is 20.4 Å². The first-order valence-electron chi connectivity index (χ1n) is 11.8. The van der Waals surface area contributed by atoms with Gasteiger partial charge in [-0.05, 0) is 49.6 Å². The van der Waals surface area contributed by atoms with Crippen molar-refractivity contribution >= 4 is 23.5 Å². The van der Waals surface area contributed by atoms with Crippen LogP contribution in [-0.4, -0.2) is 52.0 Å². The highest BCUT2D eigenvalue weighted by Crippen LogP contribution is 2.25. The minimum atomic E-state index is -0.951. The van der Waals surface area contributed by atoms with Crippen LogP contribution in [0.1, 0.15) is 48.8 Å². The smallest absolute Gasteiger partial charge is 0.247 e. The maximum atomic E-state index is 13.5. The molecule has 2 atom stereocenters. The minimum absolute atomic E-state index is 0.0508. The fourth-order valence-corrected chi connectivity index (χ4v) is 4.02. The van der Waals surface area contributed by atoms with Gasteiger partial charge in [0.1, 0.15) is 17.6 Å². The van der Waals surface area contributed by atoms with Crippen LogP contribution >= 0.6 is 0 Å². The normalized spacial score (nSPS) is 15.9. The van der Waals surface area contributed by atoms with E-state index in [0.717, 1.165) is 12.8 Å². The lowest BCUT2D eigenvalue weighted by atomic mass is 10.0. The predicted molar refractivity (Wildman–Crippen MR) is 127 cm³/mol. The molecule has 0 aromatic carbocycles. The van der Waals surface area contributed by atoms with Crippen LogP contribution in [-0.2, 0) is 25.7 Å². The number of rotatable bonds is 11. The maximum absolute atomic E-state index is 13.5. The Labute approximate surface area is 208 Å². The Morgan fingerprint density at radius 3 is 2.69 bits per heavy atom. The molecule has 4 heterocycles. The third-order valence-corrected chi connectivity index (χ3v) is 5.80. The largest absolute Gasteiger partial charge is 0.467 e. The van der Waals surface area contributed by atoms with Gasteiger partial charge in [-0.25, -0.2) is 0 Å². The van der Waals surface area contributed by atoms with Gasteiger partial charge in [0.25, 0.3) is 0 Å². The Balaban J connectivity index is 1.51. The summed E-state index contributed by atoms with van der Waals surface area (Å²) < 4.78 is 16.0. The van der Waals surface area contributed by atoms with Gasteiger partial charge >= 0.3 is 0 Å². The van der Waals surface area contributed by atoms with E-state index in [4.69, 9.17) is 13.7 Å². The monoisotopic (exact) mass is 495 g/mol. The molecule has 0 unspecified atom stereocenters. The second-order valence-electron chi connectivity index (χ2n) is 8.54. The number of ether oxygens (including phenoxy) is 1. The number of nitrogens with zero attached hydrogens (tertiary/aromatic N) is 3. The summed E-state index contributed by atoms with van der Waals surface area (Å²) in [6.45, 7) is 2.79. The molecule has 1 saturated heterocycles. The van der Waals surface area contributed by atoms with Crippen LogP contribution in [0.5, 0.6) is 0 Å². The Kier molecular flexibility index (Phi) is 8.45. The number of carbonyl (C=O) groups excluding carboxylic acids is 3. The van der Waals surface area contributed by atoms with E-state index >= 15 is 0 Å². The molecule has 1 aliphatic heterocycles. The molecule has 0 bridgehead atoms. The molecule has 3 aromatic heterocycles. The van der Waals surface area contributed by atoms with Crippen molar-refractivity contribution in [1.29, 1.82) is 0 Å². The molecule has 1 aliphatic rings. The average Bonchev–Trinajstić information content (AvgIpc) is 3.66. The van der Waals surface area contributed by atoms with E-state index in [0.29, 0.717) is 30.2 Å². The van der Waals surface area contributed by atoms with Crippen molar-refractivity contribution in [3.05, 3.63) is 66.1 Å². The standard InChI is InChI=1S/C25H29N5O6/c1-17-14-21(29-36-17)28-22(31)6-7-23(32)30(16-20-5-3-13-35-20)24(18-8-10-26-11-9-18)25(33)27-15-19-4-2-12-34-19/h3,5,8-11,13-14,19,24H,2,4,6-7,12,15-16H2,1H3,(H,27,33)(H,28,29,31)/t19-,24-/m1/s1. The van der Waals surface area contributed by atoms with Crippen molar-refractivity contribution in [3.8, 4) is 0 Å². The number of amides is 3. The van der Waals surface area contributed by atoms with E-state index in [2.05, 4.69) is 20.8 Å². The zero-order valence-electron chi connectivity index (χ0n) is 20.0. The summed E-state index contributed by atoms with van der Waals surface area (Å²) in [6, 6.07) is 7.46. The van der Waals surface area contributed by atoms with Crippen molar-refractivity contribution in [2.45, 2.75) is 51.3 Å². The topological polar surface area (TPSA) is 140 Å². The Morgan fingerprint density at radius 2 is 2.03 bits per heavy atom. The van der Waals surface area contributed by atoms with Crippen LogP contribution in [0.25, 0.3) is 0 Å². The molecule has 4 rings (SSSR count). The minimum Gasteiger partial charge on any atom is -0.467 e. The summed E-state index contributed by atoms with van der Waals surface area (Å²) in [5, 5.41) is 9.26. The molecule has 0 saturated carbocycles. The van der Waals surface area contributed by atoms with Gasteiger partial charge in [-0.15, -0.1) is 0 Å². The van der Waals surface area contributed by atoms with Gasteiger partial charge in [-0.1, -0.05) is 5.16 Å². The van der Waals surface area contributed by atoms with E-state index in [1.54, 1.807) is 49.6 Å². The van der Waals surface area contributed by atoms with Crippen LogP contribution in [0.4, 0.5) is 5.82 Å². The highest BCUT2D eigenvalue weighted by atomic mass is 16.5. The lowest BCUT2D eigenvalue weighted by molar-refractivity contribution is -0.142. The first kappa shape index (κ1) is 25.1. The van der Waals surface area contributed by atoms with E-state index in [1.165, 1.54) is 11.2 Å². The quantitative estimate of drug-likeness (QED) is 0.414. The molecule has 0 aliphatic carbocycles. The molecule has 11 nitrogen and oxygen atoms in total. The first-order chi connectivity index (χ1) is 17.5. The van der Waals surface area contributed by atoms with Crippen LogP contribution in [0.3, 0.4) is 0 Å². The molecule has 2 N–H and O–H groups in total. The average molecular weight is 496 g/mol. The Hall–Kier alpha value is -3.99. The number of anilines is 1. The molecule has 36 heavy (non-hydrogen) atoms. The lowest BCUT2D eigenvalue weighted by Crippen LogP contribution is -2.45. The van der Waals surface area contributed by atoms with Gasteiger partial charge < -0.3 is 29.2 Å². The third-order valence-electron chi connectivity index (χ3n) is 5.80. The summed E-state index contributed by atoms with van der Waals surface area (Å²) >= 11 is 0. The fraction of sp³-hybridized carbons (Fsp3) is 0.400. The van der Waals surface area contributed by atoms with Crippen molar-refractivity contribution < 1.29 is 28.1 Å². The number of hydrogen-bond acceptors (Lipinski definition) is 8. The highest BCUT2D eigenvalue weighted by Gasteiger charge is 2.33. The number of carbonyl (C=O) groups is 3. The van der Waals surface area contributed by atoms with Gasteiger partial charge in [-0.3, -0.25) is 19.4 Å². The first-order valence-corrected chi connectivity index (χ1v) is 11.8. The molecule has 0 spiro atoms. The van der Waals surface area contributed by atoms with E-state index < -0.39 is 11.9 Å². The van der Waals surface area contributed by atoms with E-state index in [9.17, 15) is 14.4 Å². The Morgan fingerprint density at radius 1 is 1.19 bits per heavy atom. The second-order valence-corrected chi connectivity index (χ2v) is 8.54. The van der Waals surface area contributed by atoms with Crippen LogP contribution in [0, 0.1) is 6.92 Å². The van der Waals surface area contributed by atoms with Crippen LogP contribution < -0.4 is 10.6 Å². The number of hydrogen-bond donors (Lipinski definition) is 2. The number of furan rings is 1. The second kappa shape index (κ2) is 12.1. The summed E-state index contributed by atoms with van der Waals surface area (Å²) in [4.78, 5) is 44.8. The van der Waals surface area contributed by atoms with Gasteiger partial charge in [0.2, 0.25) is 17.7 Å². The van der Waals surface area contributed by atoms with Gasteiger partial charge in [0.05, 0.1) is 18.9 Å². The zero-order valence-corrected chi connectivity index (χ0v) is 20.0. The number of aryl methyl sites for hydroxylation is 1. The van der Waals surface area contributed by atoms with Gasteiger partial charge in [0.15, 0.2) is 5.82 Å². The molecule has 3 aromatic rings. The predicted octanol–water partition coefficient (Wildman–Crippen LogP) is 2.76. The number of pyridine rings is 1. The summed E-state index contributed by atoms with van der Waals surface area (Å²) in [7, 11) is 0. The van der Waals surface area contributed by atoms with Crippen molar-refractivity contribution in [2.75, 3.05) is 18.5 Å². The lowest BCUT2D eigenvalue weighted by Gasteiger charge is -2.31. The van der Waals surface area contributed by atoms with Crippen LogP contribution in [0.15, 0.2) is 57.9 Å². The van der Waals surface area contributed by atoms with E-state index in [-0.39, 0.29) is 43.1 Å². The summed E-state index contributed by atoms with van der Waals surface area (Å²) in [5.41, 5.74) is 0.595.